The van der Waals surface area contributed by atoms with Crippen LogP contribution < -0.4 is 4.72 Å². The number of aromatic nitrogens is 2. The van der Waals surface area contributed by atoms with Crippen molar-refractivity contribution in [3.05, 3.63) is 11.8 Å². The standard InChI is InChI=1S/C10H15N3O4S/c1-10(3-2-4-10)6-12-18(16,17)8-7(9(14)15)5-11-13-8/h5,12H,2-4,6H2,1H3,(H,11,13)(H,14,15). The maximum absolute atomic E-state index is 12.0. The molecule has 1 aliphatic rings. The van der Waals surface area contributed by atoms with Gasteiger partial charge in [-0.15, -0.1) is 0 Å². The Kier molecular flexibility index (Phi) is 3.16. The number of hydrogen-bond donors (Lipinski definition) is 3. The van der Waals surface area contributed by atoms with Crippen LogP contribution in [0.3, 0.4) is 0 Å². The molecule has 0 unspecified atom stereocenters. The molecule has 0 aromatic carbocycles. The number of sulfonamides is 1. The van der Waals surface area contributed by atoms with Crippen molar-refractivity contribution in [2.45, 2.75) is 31.2 Å². The highest BCUT2D eigenvalue weighted by Crippen LogP contribution is 2.39. The Labute approximate surface area is 105 Å². The quantitative estimate of drug-likeness (QED) is 0.726. The first-order valence-corrected chi connectivity index (χ1v) is 7.09. The lowest BCUT2D eigenvalue weighted by Gasteiger charge is -2.38. The van der Waals surface area contributed by atoms with Crippen LogP contribution in [0.5, 0.6) is 0 Å². The second kappa shape index (κ2) is 4.36. The van der Waals surface area contributed by atoms with Gasteiger partial charge in [-0.05, 0) is 18.3 Å². The zero-order chi connectivity index (χ0) is 13.4. The minimum absolute atomic E-state index is 0.0174. The Morgan fingerprint density at radius 1 is 1.61 bits per heavy atom. The molecule has 0 amide bonds. The zero-order valence-corrected chi connectivity index (χ0v) is 10.7. The molecule has 2 rings (SSSR count). The van der Waals surface area contributed by atoms with Crippen molar-refractivity contribution >= 4 is 16.0 Å². The number of H-pyrrole nitrogens is 1. The summed E-state index contributed by atoms with van der Waals surface area (Å²) in [5.74, 6) is -1.32. The molecule has 1 fully saturated rings. The van der Waals surface area contributed by atoms with Gasteiger partial charge in [-0.1, -0.05) is 13.3 Å². The van der Waals surface area contributed by atoms with E-state index in [1.165, 1.54) is 0 Å². The zero-order valence-electron chi connectivity index (χ0n) is 9.93. The molecular weight excluding hydrogens is 258 g/mol. The minimum atomic E-state index is -3.85. The average Bonchev–Trinajstić information content (AvgIpc) is 2.73. The van der Waals surface area contributed by atoms with E-state index in [0.717, 1.165) is 25.5 Å². The number of carbonyl (C=O) groups is 1. The number of nitrogens with one attached hydrogen (secondary N) is 2. The van der Waals surface area contributed by atoms with E-state index >= 15 is 0 Å². The largest absolute Gasteiger partial charge is 0.478 e. The number of aromatic carboxylic acids is 1. The summed E-state index contributed by atoms with van der Waals surface area (Å²) in [6.45, 7) is 2.32. The summed E-state index contributed by atoms with van der Waals surface area (Å²) in [4.78, 5) is 10.8. The fourth-order valence-electron chi connectivity index (χ4n) is 1.93. The van der Waals surface area contributed by atoms with Crippen LogP contribution in [0.2, 0.25) is 0 Å². The molecule has 0 radical (unpaired) electrons. The molecule has 0 bridgehead atoms. The van der Waals surface area contributed by atoms with Gasteiger partial charge in [0, 0.05) is 6.54 Å². The van der Waals surface area contributed by atoms with Crippen LogP contribution in [-0.2, 0) is 10.0 Å². The fraction of sp³-hybridized carbons (Fsp3) is 0.600. The highest BCUT2D eigenvalue weighted by Gasteiger charge is 2.34. The predicted octanol–water partition coefficient (Wildman–Crippen LogP) is 0.576. The van der Waals surface area contributed by atoms with Gasteiger partial charge >= 0.3 is 5.97 Å². The normalized spacial score (nSPS) is 18.3. The van der Waals surface area contributed by atoms with E-state index in [9.17, 15) is 13.2 Å². The van der Waals surface area contributed by atoms with Crippen molar-refractivity contribution in [2.75, 3.05) is 6.54 Å². The molecular formula is C10H15N3O4S. The van der Waals surface area contributed by atoms with E-state index in [4.69, 9.17) is 5.11 Å². The molecule has 100 valence electrons. The topological polar surface area (TPSA) is 112 Å². The third kappa shape index (κ3) is 2.39. The number of carboxylic acid groups (broad SMARTS) is 1. The number of rotatable bonds is 5. The van der Waals surface area contributed by atoms with Gasteiger partial charge in [0.15, 0.2) is 5.03 Å². The highest BCUT2D eigenvalue weighted by molar-refractivity contribution is 7.89. The molecule has 1 aromatic heterocycles. The third-order valence-corrected chi connectivity index (χ3v) is 4.73. The average molecular weight is 273 g/mol. The third-order valence-electron chi connectivity index (χ3n) is 3.35. The van der Waals surface area contributed by atoms with Crippen molar-refractivity contribution < 1.29 is 18.3 Å². The molecule has 3 N–H and O–H groups in total. The van der Waals surface area contributed by atoms with Crippen LogP contribution in [0, 0.1) is 5.41 Å². The van der Waals surface area contributed by atoms with Crippen LogP contribution in [-0.4, -0.2) is 36.2 Å². The van der Waals surface area contributed by atoms with Crippen molar-refractivity contribution in [2.24, 2.45) is 5.41 Å². The number of nitrogens with zero attached hydrogens (tertiary/aromatic N) is 1. The molecule has 1 aromatic rings. The van der Waals surface area contributed by atoms with E-state index in [2.05, 4.69) is 14.9 Å². The van der Waals surface area contributed by atoms with E-state index in [-0.39, 0.29) is 11.0 Å². The Bertz CT molecular complexity index is 559. The lowest BCUT2D eigenvalue weighted by atomic mass is 9.71. The second-order valence-electron chi connectivity index (χ2n) is 4.91. The predicted molar refractivity (Wildman–Crippen MR) is 62.7 cm³/mol. The summed E-state index contributed by atoms with van der Waals surface area (Å²) in [5.41, 5.74) is -0.363. The van der Waals surface area contributed by atoms with Gasteiger partial charge in [-0.25, -0.2) is 17.9 Å². The molecule has 8 heteroatoms. The number of carboxylic acids is 1. The van der Waals surface area contributed by atoms with Gasteiger partial charge in [-0.2, -0.15) is 5.10 Å². The summed E-state index contributed by atoms with van der Waals surface area (Å²) in [6.07, 6.45) is 4.04. The summed E-state index contributed by atoms with van der Waals surface area (Å²) in [7, 11) is -3.85. The Hall–Kier alpha value is -1.41. The Balaban J connectivity index is 2.15. The highest BCUT2D eigenvalue weighted by atomic mass is 32.2. The van der Waals surface area contributed by atoms with Gasteiger partial charge in [0.05, 0.1) is 6.20 Å². The van der Waals surface area contributed by atoms with Crippen molar-refractivity contribution in [1.82, 2.24) is 14.9 Å². The van der Waals surface area contributed by atoms with Crippen LogP contribution in [0.4, 0.5) is 0 Å². The summed E-state index contributed by atoms with van der Waals surface area (Å²) < 4.78 is 26.4. The maximum atomic E-state index is 12.0. The van der Waals surface area contributed by atoms with E-state index in [1.54, 1.807) is 0 Å². The van der Waals surface area contributed by atoms with Crippen LogP contribution in [0.25, 0.3) is 0 Å². The van der Waals surface area contributed by atoms with Gasteiger partial charge in [-0.3, -0.25) is 5.10 Å². The van der Waals surface area contributed by atoms with Crippen LogP contribution >= 0.6 is 0 Å². The molecule has 0 atom stereocenters. The SMILES string of the molecule is CC1(CNS(=O)(=O)c2[nH]ncc2C(=O)O)CCC1. The molecule has 7 nitrogen and oxygen atoms in total. The lowest BCUT2D eigenvalue weighted by Crippen LogP contribution is -2.40. The van der Waals surface area contributed by atoms with Gasteiger partial charge in [0.25, 0.3) is 10.0 Å². The first-order chi connectivity index (χ1) is 8.34. The first kappa shape index (κ1) is 13.0. The summed E-state index contributed by atoms with van der Waals surface area (Å²) in [5, 5.41) is 14.1. The Morgan fingerprint density at radius 3 is 2.78 bits per heavy atom. The van der Waals surface area contributed by atoms with Gasteiger partial charge in [0.1, 0.15) is 5.56 Å². The van der Waals surface area contributed by atoms with Crippen LogP contribution in [0.1, 0.15) is 36.5 Å². The smallest absolute Gasteiger partial charge is 0.340 e. The van der Waals surface area contributed by atoms with E-state index in [0.29, 0.717) is 6.54 Å². The molecule has 1 heterocycles. The van der Waals surface area contributed by atoms with E-state index in [1.807, 2.05) is 6.92 Å². The first-order valence-electron chi connectivity index (χ1n) is 5.60. The van der Waals surface area contributed by atoms with Crippen LogP contribution in [0.15, 0.2) is 11.2 Å². The molecule has 0 saturated heterocycles. The van der Waals surface area contributed by atoms with Crippen molar-refractivity contribution in [3.8, 4) is 0 Å². The number of aromatic amines is 1. The van der Waals surface area contributed by atoms with Crippen molar-refractivity contribution in [3.63, 3.8) is 0 Å². The summed E-state index contributed by atoms with van der Waals surface area (Å²) >= 11 is 0. The molecule has 1 aliphatic carbocycles. The monoisotopic (exact) mass is 273 g/mol. The second-order valence-corrected chi connectivity index (χ2v) is 6.61. The summed E-state index contributed by atoms with van der Waals surface area (Å²) in [6, 6.07) is 0. The van der Waals surface area contributed by atoms with Gasteiger partial charge in [0.2, 0.25) is 0 Å². The molecule has 1 saturated carbocycles. The van der Waals surface area contributed by atoms with Crippen molar-refractivity contribution in [1.29, 1.82) is 0 Å². The molecule has 0 aliphatic heterocycles. The minimum Gasteiger partial charge on any atom is -0.478 e. The fourth-order valence-corrected chi connectivity index (χ4v) is 3.22. The number of hydrogen-bond acceptors (Lipinski definition) is 4. The van der Waals surface area contributed by atoms with Gasteiger partial charge < -0.3 is 5.11 Å². The lowest BCUT2D eigenvalue weighted by molar-refractivity contribution is 0.0692. The maximum Gasteiger partial charge on any atom is 0.340 e. The molecule has 18 heavy (non-hydrogen) atoms. The molecule has 0 spiro atoms. The Morgan fingerprint density at radius 2 is 2.28 bits per heavy atom. The van der Waals surface area contributed by atoms with E-state index < -0.39 is 21.0 Å².